The van der Waals surface area contributed by atoms with Crippen LogP contribution in [0, 0.1) is 17.3 Å². The van der Waals surface area contributed by atoms with Crippen LogP contribution in [0.3, 0.4) is 0 Å². The molecule has 1 aromatic carbocycles. The maximum atomic E-state index is 16.7. The number of hydrogen-bond donors (Lipinski definition) is 4. The number of aliphatic hydroxyl groups excluding tert-OH is 1. The van der Waals surface area contributed by atoms with E-state index in [1.54, 1.807) is 0 Å². The van der Waals surface area contributed by atoms with Crippen LogP contribution >= 0.6 is 0 Å². The van der Waals surface area contributed by atoms with E-state index < -0.39 is 28.5 Å². The van der Waals surface area contributed by atoms with Crippen LogP contribution in [-0.2, 0) is 0 Å². The zero-order chi connectivity index (χ0) is 23.2. The fourth-order valence-corrected chi connectivity index (χ4v) is 8.02. The number of nitrogens with one attached hydrogen (secondary N) is 1. The van der Waals surface area contributed by atoms with Crippen LogP contribution < -0.4 is 5.73 Å². The van der Waals surface area contributed by atoms with Crippen molar-refractivity contribution in [2.45, 2.75) is 87.8 Å². The third kappa shape index (κ3) is 2.84. The number of rotatable bonds is 1. The number of fused-ring (bicyclic) bond motifs is 5. The Kier molecular flexibility index (Phi) is 4.43. The van der Waals surface area contributed by atoms with E-state index >= 15 is 8.78 Å². The highest BCUT2D eigenvalue weighted by Gasteiger charge is 2.69. The maximum Gasteiger partial charge on any atom is 0.153 e. The minimum atomic E-state index is -1.99. The molecule has 3 fully saturated rings. The summed E-state index contributed by atoms with van der Waals surface area (Å²) in [5, 5.41) is 30.1. The number of alkyl halides is 2. The number of anilines is 1. The highest BCUT2D eigenvalue weighted by Crippen LogP contribution is 2.67. The van der Waals surface area contributed by atoms with Crippen LogP contribution in [0.5, 0.6) is 0 Å². The average Bonchev–Trinajstić information content (AvgIpc) is 3.28. The van der Waals surface area contributed by atoms with E-state index in [-0.39, 0.29) is 37.5 Å². The number of aliphatic hydroxyl groups is 2. The van der Waals surface area contributed by atoms with Crippen molar-refractivity contribution in [2.75, 3.05) is 5.73 Å². The minimum Gasteiger partial charge on any atom is -0.393 e. The predicted octanol–water partition coefficient (Wildman–Crippen LogP) is 4.84. The monoisotopic (exact) mass is 457 g/mol. The summed E-state index contributed by atoms with van der Waals surface area (Å²) >= 11 is 0. The molecule has 0 spiro atoms. The second-order valence-electron chi connectivity index (χ2n) is 11.5. The molecule has 3 saturated carbocycles. The van der Waals surface area contributed by atoms with Gasteiger partial charge in [-0.05, 0) is 79.5 Å². The SMILES string of the molecule is CC12CCC3(F)CC4(F)CC(O)CCC4CC[C@]3(O)C1CC=C2c1ccc2[nH]nc(N)c2c1. The van der Waals surface area contributed by atoms with Crippen LogP contribution in [0.1, 0.15) is 70.3 Å². The van der Waals surface area contributed by atoms with Gasteiger partial charge in [-0.3, -0.25) is 5.10 Å². The molecule has 0 bridgehead atoms. The molecule has 7 heteroatoms. The fraction of sp³-hybridized carbons (Fsp3) is 0.654. The lowest BCUT2D eigenvalue weighted by atomic mass is 9.52. The first kappa shape index (κ1) is 21.5. The first-order valence-electron chi connectivity index (χ1n) is 12.3. The number of benzene rings is 1. The van der Waals surface area contributed by atoms with Crippen LogP contribution in [0.25, 0.3) is 16.5 Å². The number of halogens is 2. The van der Waals surface area contributed by atoms with Gasteiger partial charge >= 0.3 is 0 Å². The van der Waals surface area contributed by atoms with Gasteiger partial charge in [0.1, 0.15) is 16.9 Å². The zero-order valence-corrected chi connectivity index (χ0v) is 19.1. The van der Waals surface area contributed by atoms with Crippen molar-refractivity contribution in [1.82, 2.24) is 10.2 Å². The molecule has 1 heterocycles. The number of nitrogen functional groups attached to an aromatic ring is 1. The Hall–Kier alpha value is -1.99. The molecule has 7 atom stereocenters. The summed E-state index contributed by atoms with van der Waals surface area (Å²) in [5.74, 6) is -0.168. The Morgan fingerprint density at radius 1 is 1.15 bits per heavy atom. The van der Waals surface area contributed by atoms with E-state index in [0.29, 0.717) is 37.9 Å². The van der Waals surface area contributed by atoms with E-state index in [0.717, 1.165) is 22.0 Å². The van der Waals surface area contributed by atoms with Crippen molar-refractivity contribution in [3.05, 3.63) is 29.8 Å². The highest BCUT2D eigenvalue weighted by molar-refractivity contribution is 5.92. The molecule has 1 aromatic heterocycles. The molecule has 4 aliphatic rings. The predicted molar refractivity (Wildman–Crippen MR) is 124 cm³/mol. The third-order valence-corrected chi connectivity index (χ3v) is 9.84. The van der Waals surface area contributed by atoms with Gasteiger partial charge in [-0.2, -0.15) is 5.10 Å². The Balaban J connectivity index is 1.37. The molecule has 0 aliphatic heterocycles. The Morgan fingerprint density at radius 3 is 2.79 bits per heavy atom. The molecule has 178 valence electrons. The summed E-state index contributed by atoms with van der Waals surface area (Å²) in [5.41, 5.74) is 3.29. The summed E-state index contributed by atoms with van der Waals surface area (Å²) in [4.78, 5) is 0. The van der Waals surface area contributed by atoms with Gasteiger partial charge in [0.2, 0.25) is 0 Å². The molecule has 33 heavy (non-hydrogen) atoms. The summed E-state index contributed by atoms with van der Waals surface area (Å²) < 4.78 is 32.8. The molecule has 4 aliphatic carbocycles. The van der Waals surface area contributed by atoms with Gasteiger partial charge in [0.05, 0.1) is 11.6 Å². The average molecular weight is 458 g/mol. The molecule has 0 radical (unpaired) electrons. The molecule has 2 aromatic rings. The Labute approximate surface area is 192 Å². The second-order valence-corrected chi connectivity index (χ2v) is 11.5. The number of allylic oxidation sites excluding steroid dienone is 2. The number of H-pyrrole nitrogens is 1. The molecule has 5 nitrogen and oxygen atoms in total. The van der Waals surface area contributed by atoms with Gasteiger partial charge in [-0.15, -0.1) is 0 Å². The summed E-state index contributed by atoms with van der Waals surface area (Å²) in [7, 11) is 0. The lowest BCUT2D eigenvalue weighted by Crippen LogP contribution is -2.63. The Morgan fingerprint density at radius 2 is 1.97 bits per heavy atom. The van der Waals surface area contributed by atoms with Crippen LogP contribution in [0.2, 0.25) is 0 Å². The van der Waals surface area contributed by atoms with Gasteiger partial charge in [0.15, 0.2) is 5.82 Å². The van der Waals surface area contributed by atoms with Gasteiger partial charge in [0, 0.05) is 24.1 Å². The maximum absolute atomic E-state index is 16.7. The molecule has 0 saturated heterocycles. The number of hydrogen-bond acceptors (Lipinski definition) is 4. The Bertz CT molecular complexity index is 1150. The van der Waals surface area contributed by atoms with Crippen molar-refractivity contribution in [2.24, 2.45) is 17.3 Å². The molecular weight excluding hydrogens is 424 g/mol. The zero-order valence-electron chi connectivity index (χ0n) is 19.1. The molecular formula is C26H33F2N3O2. The largest absolute Gasteiger partial charge is 0.393 e. The first-order chi connectivity index (χ1) is 15.6. The van der Waals surface area contributed by atoms with E-state index in [9.17, 15) is 10.2 Å². The van der Waals surface area contributed by atoms with Crippen molar-refractivity contribution >= 4 is 22.3 Å². The number of aromatic nitrogens is 2. The number of nitrogens with two attached hydrogens (primary N) is 1. The third-order valence-electron chi connectivity index (χ3n) is 9.84. The lowest BCUT2D eigenvalue weighted by Gasteiger charge is -2.56. The van der Waals surface area contributed by atoms with Crippen LogP contribution in [0.4, 0.5) is 14.6 Å². The van der Waals surface area contributed by atoms with Crippen molar-refractivity contribution < 1.29 is 19.0 Å². The molecule has 6 unspecified atom stereocenters. The van der Waals surface area contributed by atoms with Crippen molar-refractivity contribution in [1.29, 1.82) is 0 Å². The fourth-order valence-electron chi connectivity index (χ4n) is 8.02. The summed E-state index contributed by atoms with van der Waals surface area (Å²) in [6.45, 7) is 2.13. The topological polar surface area (TPSA) is 95.2 Å². The summed E-state index contributed by atoms with van der Waals surface area (Å²) in [6, 6.07) is 6.01. The van der Waals surface area contributed by atoms with Crippen molar-refractivity contribution in [3.8, 4) is 0 Å². The standard InChI is InChI=1S/C26H33F2N3O2/c1-23-10-11-25(28)14-24(27)13-17(32)4-3-16(24)8-9-26(25,33)21(23)7-5-19(23)15-2-6-20-18(12-15)22(29)31-30-20/h2,5-6,12,16-17,21,32-33H,3-4,7-11,13-14H2,1H3,(H3,29,30,31)/t16?,17?,21?,23?,24?,25?,26-/m0/s1. The van der Waals surface area contributed by atoms with E-state index in [1.807, 2.05) is 18.2 Å². The van der Waals surface area contributed by atoms with Gasteiger partial charge in [0.25, 0.3) is 0 Å². The quantitative estimate of drug-likeness (QED) is 0.493. The van der Waals surface area contributed by atoms with Gasteiger partial charge in [-0.25, -0.2) is 8.78 Å². The normalized spacial score (nSPS) is 45.1. The van der Waals surface area contributed by atoms with E-state index in [2.05, 4.69) is 23.2 Å². The number of nitrogens with zero attached hydrogens (tertiary/aromatic N) is 1. The second kappa shape index (κ2) is 6.79. The lowest BCUT2D eigenvalue weighted by molar-refractivity contribution is -0.201. The molecule has 6 rings (SSSR count). The van der Waals surface area contributed by atoms with Crippen molar-refractivity contribution in [3.63, 3.8) is 0 Å². The van der Waals surface area contributed by atoms with Crippen LogP contribution in [-0.4, -0.2) is 43.5 Å². The molecule has 0 amide bonds. The first-order valence-corrected chi connectivity index (χ1v) is 12.3. The van der Waals surface area contributed by atoms with E-state index in [1.165, 1.54) is 0 Å². The smallest absolute Gasteiger partial charge is 0.153 e. The highest BCUT2D eigenvalue weighted by atomic mass is 19.2. The van der Waals surface area contributed by atoms with Crippen LogP contribution in [0.15, 0.2) is 24.3 Å². The van der Waals surface area contributed by atoms with Gasteiger partial charge in [-0.1, -0.05) is 19.1 Å². The van der Waals surface area contributed by atoms with E-state index in [4.69, 9.17) is 5.73 Å². The summed E-state index contributed by atoms with van der Waals surface area (Å²) in [6.07, 6.45) is 4.17. The minimum absolute atomic E-state index is 0.0169. The number of aromatic amines is 1. The van der Waals surface area contributed by atoms with Gasteiger partial charge < -0.3 is 15.9 Å². The molecule has 5 N–H and O–H groups in total.